The number of para-hydroxylation sites is 1. The Morgan fingerprint density at radius 3 is 2.46 bits per heavy atom. The molecule has 0 aromatic heterocycles. The Labute approximate surface area is 170 Å². The number of sulfonamides is 1. The summed E-state index contributed by atoms with van der Waals surface area (Å²) in [5.74, 6) is 0.361. The van der Waals surface area contributed by atoms with Crippen LogP contribution in [0, 0.1) is 12.7 Å². The number of hydrogen-bond donors (Lipinski definition) is 1. The Morgan fingerprint density at radius 1 is 1.18 bits per heavy atom. The number of aryl methyl sites for hydroxylation is 1. The van der Waals surface area contributed by atoms with Gasteiger partial charge in [0.15, 0.2) is 0 Å². The second-order valence-corrected chi connectivity index (χ2v) is 9.42. The van der Waals surface area contributed by atoms with E-state index in [0.29, 0.717) is 12.3 Å². The zero-order valence-corrected chi connectivity index (χ0v) is 17.8. The summed E-state index contributed by atoms with van der Waals surface area (Å²) >= 11 is 1.68. The van der Waals surface area contributed by atoms with E-state index in [9.17, 15) is 17.6 Å². The van der Waals surface area contributed by atoms with E-state index in [4.69, 9.17) is 0 Å². The predicted molar refractivity (Wildman–Crippen MR) is 114 cm³/mol. The molecule has 8 heteroatoms. The zero-order chi connectivity index (χ0) is 20.7. The van der Waals surface area contributed by atoms with E-state index in [2.05, 4.69) is 24.4 Å². The molecule has 0 spiro atoms. The van der Waals surface area contributed by atoms with Crippen molar-refractivity contribution >= 4 is 33.4 Å². The first kappa shape index (κ1) is 22.2. The van der Waals surface area contributed by atoms with Gasteiger partial charge in [0.05, 0.1) is 11.9 Å². The van der Waals surface area contributed by atoms with Gasteiger partial charge in [-0.2, -0.15) is 11.8 Å². The Morgan fingerprint density at radius 2 is 1.82 bits per heavy atom. The van der Waals surface area contributed by atoms with Gasteiger partial charge in [0.1, 0.15) is 11.9 Å². The first-order valence-electron chi connectivity index (χ1n) is 8.85. The summed E-state index contributed by atoms with van der Waals surface area (Å²) in [4.78, 5) is 12.5. The van der Waals surface area contributed by atoms with Crippen LogP contribution in [0.15, 0.2) is 48.5 Å². The van der Waals surface area contributed by atoms with Crippen molar-refractivity contribution in [2.75, 3.05) is 22.9 Å². The molecular formula is C20H25FN2O3S2. The van der Waals surface area contributed by atoms with Crippen LogP contribution in [-0.4, -0.2) is 38.9 Å². The van der Waals surface area contributed by atoms with Crippen LogP contribution in [0.5, 0.6) is 0 Å². The van der Waals surface area contributed by atoms with E-state index in [1.165, 1.54) is 42.3 Å². The number of carbonyl (C=O) groups excluding carboxylic acids is 1. The Bertz CT molecular complexity index is 919. The highest BCUT2D eigenvalue weighted by Crippen LogP contribution is 2.24. The van der Waals surface area contributed by atoms with Crippen LogP contribution in [0.25, 0.3) is 0 Å². The number of anilines is 1. The van der Waals surface area contributed by atoms with Crippen molar-refractivity contribution in [2.24, 2.45) is 0 Å². The quantitative estimate of drug-likeness (QED) is 0.627. The fraction of sp³-hybridized carbons (Fsp3) is 0.350. The highest BCUT2D eigenvalue weighted by Gasteiger charge is 2.30. The van der Waals surface area contributed by atoms with Crippen LogP contribution in [0.4, 0.5) is 10.1 Å². The highest BCUT2D eigenvalue weighted by atomic mass is 32.2. The third-order valence-electron chi connectivity index (χ3n) is 4.24. The lowest BCUT2D eigenvalue weighted by Crippen LogP contribution is -2.48. The minimum absolute atomic E-state index is 0.137. The van der Waals surface area contributed by atoms with Gasteiger partial charge >= 0.3 is 0 Å². The maximum absolute atomic E-state index is 14.1. The van der Waals surface area contributed by atoms with Gasteiger partial charge in [0, 0.05) is 18.1 Å². The topological polar surface area (TPSA) is 66.5 Å². The number of nitrogens with one attached hydrogen (secondary N) is 1. The molecule has 2 aromatic rings. The summed E-state index contributed by atoms with van der Waals surface area (Å²) in [5, 5.41) is 2.74. The second kappa shape index (κ2) is 9.93. The molecule has 1 N–H and O–H groups in total. The number of hydrogen-bond acceptors (Lipinski definition) is 4. The average Bonchev–Trinajstić information content (AvgIpc) is 2.63. The third-order valence-corrected chi connectivity index (χ3v) is 6.48. The monoisotopic (exact) mass is 424 g/mol. The molecule has 2 aromatic carbocycles. The van der Waals surface area contributed by atoms with E-state index in [0.717, 1.165) is 16.3 Å². The normalized spacial score (nSPS) is 12.4. The van der Waals surface area contributed by atoms with Gasteiger partial charge in [-0.05, 0) is 37.1 Å². The van der Waals surface area contributed by atoms with Crippen LogP contribution in [-0.2, 0) is 20.6 Å². The molecule has 0 saturated heterocycles. The lowest BCUT2D eigenvalue weighted by molar-refractivity contribution is -0.121. The van der Waals surface area contributed by atoms with Gasteiger partial charge in [-0.15, -0.1) is 0 Å². The average molecular weight is 425 g/mol. The molecule has 0 unspecified atom stereocenters. The summed E-state index contributed by atoms with van der Waals surface area (Å²) in [6.45, 7) is 3.90. The van der Waals surface area contributed by atoms with Crippen molar-refractivity contribution in [2.45, 2.75) is 25.6 Å². The fourth-order valence-electron chi connectivity index (χ4n) is 2.76. The largest absolute Gasteiger partial charge is 0.353 e. The molecule has 0 radical (unpaired) electrons. The molecule has 5 nitrogen and oxygen atoms in total. The predicted octanol–water partition coefficient (Wildman–Crippen LogP) is 3.34. The summed E-state index contributed by atoms with van der Waals surface area (Å²) in [7, 11) is -3.83. The summed E-state index contributed by atoms with van der Waals surface area (Å²) < 4.78 is 39.3. The number of halogens is 1. The van der Waals surface area contributed by atoms with Crippen molar-refractivity contribution in [1.29, 1.82) is 0 Å². The molecule has 0 aliphatic heterocycles. The highest BCUT2D eigenvalue weighted by molar-refractivity contribution is 7.98. The SMILES string of the molecule is Cc1ccccc1CSCCNC(=O)[C@@H](C)N(c1ccccc1F)S(C)(=O)=O. The number of benzene rings is 2. The minimum Gasteiger partial charge on any atom is -0.353 e. The molecule has 152 valence electrons. The fourth-order valence-corrected chi connectivity index (χ4v) is 4.87. The molecule has 0 saturated carbocycles. The van der Waals surface area contributed by atoms with Crippen molar-refractivity contribution in [3.8, 4) is 0 Å². The lowest BCUT2D eigenvalue weighted by atomic mass is 10.1. The van der Waals surface area contributed by atoms with E-state index < -0.39 is 27.8 Å². The van der Waals surface area contributed by atoms with Crippen LogP contribution in [0.2, 0.25) is 0 Å². The molecule has 2 rings (SSSR count). The second-order valence-electron chi connectivity index (χ2n) is 6.46. The van der Waals surface area contributed by atoms with Crippen molar-refractivity contribution in [3.05, 3.63) is 65.5 Å². The molecule has 0 heterocycles. The molecule has 1 amide bonds. The molecule has 0 aliphatic carbocycles. The van der Waals surface area contributed by atoms with Gasteiger partial charge in [0.2, 0.25) is 15.9 Å². The van der Waals surface area contributed by atoms with E-state index in [1.807, 2.05) is 12.1 Å². The molecule has 0 bridgehead atoms. The smallest absolute Gasteiger partial charge is 0.243 e. The first-order chi connectivity index (χ1) is 13.2. The van der Waals surface area contributed by atoms with Crippen molar-refractivity contribution < 1.29 is 17.6 Å². The summed E-state index contributed by atoms with van der Waals surface area (Å²) in [6, 6.07) is 12.6. The van der Waals surface area contributed by atoms with Gasteiger partial charge in [-0.25, -0.2) is 12.8 Å². The van der Waals surface area contributed by atoms with Crippen LogP contribution < -0.4 is 9.62 Å². The minimum atomic E-state index is -3.83. The van der Waals surface area contributed by atoms with Gasteiger partial charge in [-0.3, -0.25) is 9.10 Å². The Balaban J connectivity index is 1.93. The molecule has 0 fully saturated rings. The Hall–Kier alpha value is -2.06. The van der Waals surface area contributed by atoms with Gasteiger partial charge in [-0.1, -0.05) is 36.4 Å². The van der Waals surface area contributed by atoms with E-state index in [1.54, 1.807) is 11.8 Å². The lowest BCUT2D eigenvalue weighted by Gasteiger charge is -2.28. The van der Waals surface area contributed by atoms with Gasteiger partial charge < -0.3 is 5.32 Å². The first-order valence-corrected chi connectivity index (χ1v) is 11.9. The number of rotatable bonds is 9. The molecular weight excluding hydrogens is 399 g/mol. The molecule has 1 atom stereocenters. The third kappa shape index (κ3) is 5.97. The number of nitrogens with zero attached hydrogens (tertiary/aromatic N) is 1. The van der Waals surface area contributed by atoms with E-state index in [-0.39, 0.29) is 5.69 Å². The summed E-state index contributed by atoms with van der Waals surface area (Å²) in [6.07, 6.45) is 0.960. The number of carbonyl (C=O) groups is 1. The maximum atomic E-state index is 14.1. The van der Waals surface area contributed by atoms with Crippen molar-refractivity contribution in [3.63, 3.8) is 0 Å². The van der Waals surface area contributed by atoms with Crippen LogP contribution in [0.3, 0.4) is 0 Å². The van der Waals surface area contributed by atoms with E-state index >= 15 is 0 Å². The maximum Gasteiger partial charge on any atom is 0.243 e. The molecule has 28 heavy (non-hydrogen) atoms. The van der Waals surface area contributed by atoms with Gasteiger partial charge in [0.25, 0.3) is 0 Å². The number of thioether (sulfide) groups is 1. The summed E-state index contributed by atoms with van der Waals surface area (Å²) in [5.41, 5.74) is 2.33. The van der Waals surface area contributed by atoms with Crippen LogP contribution >= 0.6 is 11.8 Å². The van der Waals surface area contributed by atoms with Crippen molar-refractivity contribution in [1.82, 2.24) is 5.32 Å². The number of amides is 1. The molecule has 0 aliphatic rings. The van der Waals surface area contributed by atoms with Crippen LogP contribution in [0.1, 0.15) is 18.1 Å². The standard InChI is InChI=1S/C20H25FN2O3S2/c1-15-8-4-5-9-17(15)14-27-13-12-22-20(24)16(2)23(28(3,25)26)19-11-7-6-10-18(19)21/h4-11,16H,12-14H2,1-3H3,(H,22,24)/t16-/m1/s1. The zero-order valence-electron chi connectivity index (χ0n) is 16.2. The Kier molecular flexibility index (Phi) is 7.88.